The van der Waals surface area contributed by atoms with Crippen LogP contribution in [0, 0.1) is 13.8 Å². The third kappa shape index (κ3) is 3.99. The molecule has 26 heavy (non-hydrogen) atoms. The van der Waals surface area contributed by atoms with Gasteiger partial charge in [0.05, 0.1) is 11.7 Å². The van der Waals surface area contributed by atoms with Crippen LogP contribution in [-0.2, 0) is 17.8 Å². The minimum Gasteiger partial charge on any atom is -0.300 e. The zero-order valence-corrected chi connectivity index (χ0v) is 16.7. The van der Waals surface area contributed by atoms with Crippen molar-refractivity contribution in [1.82, 2.24) is 19.7 Å². The molecule has 3 aromatic rings. The van der Waals surface area contributed by atoms with Gasteiger partial charge >= 0.3 is 0 Å². The van der Waals surface area contributed by atoms with Gasteiger partial charge in [0.2, 0.25) is 11.0 Å². The van der Waals surface area contributed by atoms with Gasteiger partial charge in [-0.05, 0) is 25.8 Å². The van der Waals surface area contributed by atoms with E-state index in [1.807, 2.05) is 13.8 Å². The summed E-state index contributed by atoms with van der Waals surface area (Å²) in [5.74, 6) is -0.187. The van der Waals surface area contributed by atoms with Crippen LogP contribution in [-0.4, -0.2) is 25.7 Å². The first kappa shape index (κ1) is 18.7. The highest BCUT2D eigenvalue weighted by Gasteiger charge is 2.13. The molecule has 0 aliphatic carbocycles. The van der Waals surface area contributed by atoms with Crippen molar-refractivity contribution in [2.45, 2.75) is 53.0 Å². The largest absolute Gasteiger partial charge is 0.300 e. The van der Waals surface area contributed by atoms with Gasteiger partial charge in [0.1, 0.15) is 9.84 Å². The maximum atomic E-state index is 12.6. The molecule has 0 bridgehead atoms. The second kappa shape index (κ2) is 8.05. The first-order valence-corrected chi connectivity index (χ1v) is 10.2. The Balaban J connectivity index is 1.63. The number of carbonyl (C=O) groups is 1. The lowest BCUT2D eigenvalue weighted by Crippen LogP contribution is -2.23. The Morgan fingerprint density at radius 3 is 2.85 bits per heavy atom. The van der Waals surface area contributed by atoms with Crippen molar-refractivity contribution in [2.24, 2.45) is 0 Å². The van der Waals surface area contributed by atoms with Crippen LogP contribution >= 0.6 is 22.7 Å². The van der Waals surface area contributed by atoms with Gasteiger partial charge in [-0.2, -0.15) is 0 Å². The molecule has 3 heterocycles. The summed E-state index contributed by atoms with van der Waals surface area (Å²) in [5, 5.41) is 12.9. The number of nitrogens with zero attached hydrogens (tertiary/aromatic N) is 4. The third-order valence-corrected chi connectivity index (χ3v) is 6.21. The van der Waals surface area contributed by atoms with E-state index in [1.165, 1.54) is 33.6 Å². The van der Waals surface area contributed by atoms with Crippen molar-refractivity contribution in [3.8, 4) is 0 Å². The number of fused-ring (bicyclic) bond motifs is 1. The number of amides is 1. The van der Waals surface area contributed by atoms with Crippen molar-refractivity contribution in [2.75, 3.05) is 5.32 Å². The lowest BCUT2D eigenvalue weighted by molar-refractivity contribution is -0.116. The molecule has 1 amide bonds. The number of hydrogen-bond donors (Lipinski definition) is 1. The van der Waals surface area contributed by atoms with Gasteiger partial charge in [0.25, 0.3) is 5.56 Å². The van der Waals surface area contributed by atoms with E-state index in [0.29, 0.717) is 10.5 Å². The third-order valence-electron chi connectivity index (χ3n) is 4.19. The van der Waals surface area contributed by atoms with Crippen LogP contribution in [0.4, 0.5) is 5.13 Å². The normalized spacial score (nSPS) is 11.2. The molecule has 7 nitrogen and oxygen atoms in total. The van der Waals surface area contributed by atoms with Crippen molar-refractivity contribution in [3.05, 3.63) is 32.1 Å². The summed E-state index contributed by atoms with van der Waals surface area (Å²) < 4.78 is 1.49. The Labute approximate surface area is 159 Å². The van der Waals surface area contributed by atoms with Gasteiger partial charge < -0.3 is 5.32 Å². The van der Waals surface area contributed by atoms with Crippen molar-refractivity contribution >= 4 is 43.9 Å². The van der Waals surface area contributed by atoms with Gasteiger partial charge in [-0.3, -0.25) is 14.2 Å². The first-order chi connectivity index (χ1) is 12.5. The Hall–Kier alpha value is -2.13. The smallest absolute Gasteiger partial charge is 0.262 e. The maximum absolute atomic E-state index is 12.6. The molecule has 0 aromatic carbocycles. The molecule has 0 saturated carbocycles. The minimum atomic E-state index is -0.187. The molecular formula is C17H21N5O2S2. The fourth-order valence-corrected chi connectivity index (χ4v) is 4.35. The predicted molar refractivity (Wildman–Crippen MR) is 105 cm³/mol. The molecule has 0 aliphatic heterocycles. The Morgan fingerprint density at radius 2 is 2.08 bits per heavy atom. The van der Waals surface area contributed by atoms with E-state index in [9.17, 15) is 9.59 Å². The van der Waals surface area contributed by atoms with Crippen molar-refractivity contribution < 1.29 is 4.79 Å². The van der Waals surface area contributed by atoms with E-state index in [2.05, 4.69) is 27.4 Å². The van der Waals surface area contributed by atoms with Gasteiger partial charge in [-0.1, -0.05) is 24.7 Å². The summed E-state index contributed by atoms with van der Waals surface area (Å²) in [4.78, 5) is 31.0. The van der Waals surface area contributed by atoms with E-state index in [1.54, 1.807) is 0 Å². The topological polar surface area (TPSA) is 89.8 Å². The van der Waals surface area contributed by atoms with Gasteiger partial charge in [0.15, 0.2) is 0 Å². The van der Waals surface area contributed by atoms with Crippen LogP contribution < -0.4 is 10.9 Å². The number of aryl methyl sites for hydroxylation is 4. The van der Waals surface area contributed by atoms with Crippen LogP contribution in [0.25, 0.3) is 10.2 Å². The monoisotopic (exact) mass is 391 g/mol. The van der Waals surface area contributed by atoms with Gasteiger partial charge in [-0.15, -0.1) is 21.5 Å². The molecule has 0 unspecified atom stereocenters. The van der Waals surface area contributed by atoms with Gasteiger partial charge in [-0.25, -0.2) is 4.98 Å². The Morgan fingerprint density at radius 1 is 1.27 bits per heavy atom. The molecule has 138 valence electrons. The quantitative estimate of drug-likeness (QED) is 0.667. The maximum Gasteiger partial charge on any atom is 0.262 e. The van der Waals surface area contributed by atoms with Crippen LogP contribution in [0.3, 0.4) is 0 Å². The average Bonchev–Trinajstić information content (AvgIpc) is 3.17. The molecule has 0 aliphatic rings. The fraction of sp³-hybridized carbons (Fsp3) is 0.471. The van der Waals surface area contributed by atoms with Crippen LogP contribution in [0.2, 0.25) is 0 Å². The lowest BCUT2D eigenvalue weighted by atomic mass is 10.2. The summed E-state index contributed by atoms with van der Waals surface area (Å²) >= 11 is 2.92. The minimum absolute atomic E-state index is 0.0950. The second-order valence-electron chi connectivity index (χ2n) is 6.11. The lowest BCUT2D eigenvalue weighted by Gasteiger charge is -2.05. The first-order valence-electron chi connectivity index (χ1n) is 8.57. The number of nitrogens with one attached hydrogen (secondary N) is 1. The van der Waals surface area contributed by atoms with Crippen LogP contribution in [0.5, 0.6) is 0 Å². The highest BCUT2D eigenvalue weighted by molar-refractivity contribution is 7.18. The van der Waals surface area contributed by atoms with E-state index in [0.717, 1.165) is 39.5 Å². The average molecular weight is 392 g/mol. The van der Waals surface area contributed by atoms with Crippen molar-refractivity contribution in [1.29, 1.82) is 0 Å². The van der Waals surface area contributed by atoms with E-state index in [-0.39, 0.29) is 24.4 Å². The number of anilines is 1. The fourth-order valence-electron chi connectivity index (χ4n) is 2.57. The molecular weight excluding hydrogens is 370 g/mol. The highest BCUT2D eigenvalue weighted by atomic mass is 32.1. The number of rotatable bonds is 7. The molecule has 1 N–H and O–H groups in total. The Kier molecular flexibility index (Phi) is 5.77. The zero-order chi connectivity index (χ0) is 18.7. The number of hydrogen-bond acceptors (Lipinski definition) is 7. The molecule has 0 radical (unpaired) electrons. The summed E-state index contributed by atoms with van der Waals surface area (Å²) in [7, 11) is 0. The van der Waals surface area contributed by atoms with Crippen LogP contribution in [0.15, 0.2) is 11.1 Å². The predicted octanol–water partition coefficient (Wildman–Crippen LogP) is 3.30. The second-order valence-corrected chi connectivity index (χ2v) is 8.37. The number of aromatic nitrogens is 4. The van der Waals surface area contributed by atoms with Crippen molar-refractivity contribution in [3.63, 3.8) is 0 Å². The number of carbonyl (C=O) groups excluding carboxylic acids is 1. The molecule has 0 atom stereocenters. The molecule has 0 spiro atoms. The van der Waals surface area contributed by atoms with Crippen LogP contribution in [0.1, 0.15) is 41.6 Å². The molecule has 3 aromatic heterocycles. The standard InChI is InChI=1S/C17H21N5O2S2/c1-4-5-6-13-20-21-17(26-13)19-12(23)7-8-22-9-18-15-14(16(22)24)10(2)11(3)25-15/h9H,4-8H2,1-3H3,(H,19,21,23). The summed E-state index contributed by atoms with van der Waals surface area (Å²) in [6.45, 7) is 6.32. The molecule has 0 saturated heterocycles. The highest BCUT2D eigenvalue weighted by Crippen LogP contribution is 2.25. The Bertz CT molecular complexity index is 989. The number of unbranched alkanes of at least 4 members (excludes halogenated alkanes) is 1. The SMILES string of the molecule is CCCCc1nnc(NC(=O)CCn2cnc3sc(C)c(C)c3c2=O)s1. The summed E-state index contributed by atoms with van der Waals surface area (Å²) in [5.41, 5.74) is 0.872. The van der Waals surface area contributed by atoms with E-state index < -0.39 is 0 Å². The zero-order valence-electron chi connectivity index (χ0n) is 15.0. The summed E-state index contributed by atoms with van der Waals surface area (Å²) in [6.07, 6.45) is 4.73. The molecule has 9 heteroatoms. The van der Waals surface area contributed by atoms with E-state index in [4.69, 9.17) is 0 Å². The van der Waals surface area contributed by atoms with Gasteiger partial charge in [0, 0.05) is 24.3 Å². The van der Waals surface area contributed by atoms with E-state index >= 15 is 0 Å². The summed E-state index contributed by atoms with van der Waals surface area (Å²) in [6, 6.07) is 0. The molecule has 0 fully saturated rings. The molecule has 3 rings (SSSR count). The number of thiophene rings is 1.